The fraction of sp³-hybridized carbons (Fsp3) is 0.310. The smallest absolute Gasteiger partial charge is 0.323 e. The van der Waals surface area contributed by atoms with Crippen LogP contribution in [0.5, 0.6) is 0 Å². The van der Waals surface area contributed by atoms with E-state index in [1.807, 2.05) is 36.2 Å². The lowest BCUT2D eigenvalue weighted by atomic mass is 10.1. The van der Waals surface area contributed by atoms with E-state index in [2.05, 4.69) is 35.9 Å². The number of amides is 3. The molecule has 0 atom stereocenters. The Morgan fingerprint density at radius 1 is 0.810 bits per heavy atom. The molecule has 2 aromatic heterocycles. The van der Waals surface area contributed by atoms with E-state index in [0.29, 0.717) is 74.1 Å². The summed E-state index contributed by atoms with van der Waals surface area (Å²) in [6.07, 6.45) is 1.82. The highest BCUT2D eigenvalue weighted by atomic mass is 16.5. The number of hydrogen-bond acceptors (Lipinski definition) is 9. The molecular weight excluding hydrogens is 536 g/mol. The molecule has 0 aliphatic carbocycles. The van der Waals surface area contributed by atoms with Gasteiger partial charge in [0.25, 0.3) is 11.9 Å². The summed E-state index contributed by atoms with van der Waals surface area (Å²) in [5.74, 6) is 1.49. The summed E-state index contributed by atoms with van der Waals surface area (Å²) in [4.78, 5) is 43.3. The van der Waals surface area contributed by atoms with Gasteiger partial charge in [-0.1, -0.05) is 0 Å². The number of benzene rings is 2. The number of hydrogen-bond donors (Lipinski definition) is 3. The van der Waals surface area contributed by atoms with Crippen molar-refractivity contribution in [3.63, 3.8) is 0 Å². The molecule has 3 N–H and O–H groups in total. The third-order valence-electron chi connectivity index (χ3n) is 7.03. The first-order valence-corrected chi connectivity index (χ1v) is 13.9. The lowest BCUT2D eigenvalue weighted by molar-refractivity contribution is 0.0736. The van der Waals surface area contributed by atoms with E-state index in [-0.39, 0.29) is 5.91 Å². The Bertz CT molecular complexity index is 1540. The summed E-state index contributed by atoms with van der Waals surface area (Å²) < 4.78 is 7.12. The van der Waals surface area contributed by atoms with Crippen LogP contribution in [0.3, 0.4) is 0 Å². The number of aryl methyl sites for hydroxylation is 1. The molecule has 0 bridgehead atoms. The Hall–Kier alpha value is -4.88. The largest absolute Gasteiger partial charge is 0.378 e. The van der Waals surface area contributed by atoms with Crippen molar-refractivity contribution in [2.24, 2.45) is 0 Å². The summed E-state index contributed by atoms with van der Waals surface area (Å²) in [5.41, 5.74) is 3.42. The zero-order chi connectivity index (χ0) is 28.9. The molecule has 3 amide bonds. The number of carbonyl (C=O) groups is 2. The normalized spacial score (nSPS) is 15.4. The first kappa shape index (κ1) is 27.3. The lowest BCUT2D eigenvalue weighted by Crippen LogP contribution is -2.46. The summed E-state index contributed by atoms with van der Waals surface area (Å²) in [7, 11) is 0. The van der Waals surface area contributed by atoms with Crippen LogP contribution in [0, 0.1) is 6.92 Å². The van der Waals surface area contributed by atoms with E-state index in [1.54, 1.807) is 41.1 Å². The maximum absolute atomic E-state index is 12.7. The molecule has 0 spiro atoms. The fourth-order valence-corrected chi connectivity index (χ4v) is 4.76. The number of aromatic nitrogens is 5. The van der Waals surface area contributed by atoms with Gasteiger partial charge in [0.15, 0.2) is 5.82 Å². The maximum Gasteiger partial charge on any atom is 0.323 e. The highest BCUT2D eigenvalue weighted by molar-refractivity contribution is 6.00. The van der Waals surface area contributed by atoms with Crippen molar-refractivity contribution in [2.75, 3.05) is 68.0 Å². The third kappa shape index (κ3) is 6.37. The fourth-order valence-electron chi connectivity index (χ4n) is 4.76. The van der Waals surface area contributed by atoms with Crippen LogP contribution in [0.15, 0.2) is 60.8 Å². The van der Waals surface area contributed by atoms with E-state index >= 15 is 0 Å². The molecule has 13 nitrogen and oxygen atoms in total. The van der Waals surface area contributed by atoms with E-state index in [4.69, 9.17) is 9.72 Å². The minimum Gasteiger partial charge on any atom is -0.378 e. The standard InChI is InChI=1S/C29H32N10O3/c1-20-10-13-39(36-20)28-34-25(33-27(35-28)38-16-18-42-19-17-38)21-2-6-23(7-3-21)31-29(41)32-24-8-4-22(5-9-24)26(40)37-14-11-30-12-15-37/h2-10,13,30H,11-12,14-19H2,1H3,(H2,31,32,41). The van der Waals surface area contributed by atoms with Crippen LogP contribution < -0.4 is 20.9 Å². The van der Waals surface area contributed by atoms with E-state index in [1.165, 1.54) is 0 Å². The Kier molecular flexibility index (Phi) is 8.01. The van der Waals surface area contributed by atoms with Crippen molar-refractivity contribution in [1.82, 2.24) is 34.9 Å². The monoisotopic (exact) mass is 568 g/mol. The summed E-state index contributed by atoms with van der Waals surface area (Å²) >= 11 is 0. The highest BCUT2D eigenvalue weighted by Gasteiger charge is 2.19. The number of nitrogens with one attached hydrogen (secondary N) is 3. The second kappa shape index (κ2) is 12.3. The van der Waals surface area contributed by atoms with Crippen molar-refractivity contribution >= 4 is 29.3 Å². The van der Waals surface area contributed by atoms with Gasteiger partial charge in [-0.15, -0.1) is 0 Å². The molecule has 6 rings (SSSR count). The third-order valence-corrected chi connectivity index (χ3v) is 7.03. The van der Waals surface area contributed by atoms with Crippen LogP contribution >= 0.6 is 0 Å². The van der Waals surface area contributed by atoms with Crippen molar-refractivity contribution in [3.05, 3.63) is 72.1 Å². The van der Waals surface area contributed by atoms with Crippen LogP contribution in [-0.4, -0.2) is 94.1 Å². The first-order valence-electron chi connectivity index (χ1n) is 13.9. The molecule has 42 heavy (non-hydrogen) atoms. The zero-order valence-electron chi connectivity index (χ0n) is 23.3. The van der Waals surface area contributed by atoms with Crippen LogP contribution in [0.1, 0.15) is 16.1 Å². The SMILES string of the molecule is Cc1ccn(-c2nc(-c3ccc(NC(=O)Nc4ccc(C(=O)N5CCNCC5)cc4)cc3)nc(N3CCOCC3)n2)n1. The molecule has 2 aliphatic rings. The van der Waals surface area contributed by atoms with Gasteiger partial charge >= 0.3 is 6.03 Å². The van der Waals surface area contributed by atoms with E-state index in [9.17, 15) is 9.59 Å². The van der Waals surface area contributed by atoms with E-state index in [0.717, 1.165) is 24.3 Å². The predicted molar refractivity (Wildman–Crippen MR) is 158 cm³/mol. The summed E-state index contributed by atoms with van der Waals surface area (Å²) in [6.45, 7) is 7.47. The van der Waals surface area contributed by atoms with Gasteiger partial charge in [0.1, 0.15) is 0 Å². The Morgan fingerprint density at radius 2 is 1.45 bits per heavy atom. The van der Waals surface area contributed by atoms with Crippen LogP contribution in [0.4, 0.5) is 22.1 Å². The van der Waals surface area contributed by atoms with Gasteiger partial charge in [0.2, 0.25) is 5.95 Å². The van der Waals surface area contributed by atoms with Crippen LogP contribution in [0.2, 0.25) is 0 Å². The molecule has 4 heterocycles. The number of piperazine rings is 1. The molecule has 13 heteroatoms. The molecule has 2 fully saturated rings. The molecule has 216 valence electrons. The number of nitrogens with zero attached hydrogens (tertiary/aromatic N) is 7. The molecule has 2 saturated heterocycles. The van der Waals surface area contributed by atoms with Crippen molar-refractivity contribution in [2.45, 2.75) is 6.92 Å². The maximum atomic E-state index is 12.7. The van der Waals surface area contributed by atoms with Crippen molar-refractivity contribution < 1.29 is 14.3 Å². The highest BCUT2D eigenvalue weighted by Crippen LogP contribution is 2.22. The molecule has 2 aromatic carbocycles. The molecule has 4 aromatic rings. The minimum absolute atomic E-state index is 0.00492. The molecule has 0 saturated carbocycles. The van der Waals surface area contributed by atoms with Crippen LogP contribution in [-0.2, 0) is 4.74 Å². The summed E-state index contributed by atoms with van der Waals surface area (Å²) in [5, 5.41) is 13.4. The topological polar surface area (TPSA) is 142 Å². The Balaban J connectivity index is 1.13. The molecular formula is C29H32N10O3. The van der Waals surface area contributed by atoms with Gasteiger partial charge < -0.3 is 30.5 Å². The van der Waals surface area contributed by atoms with Crippen molar-refractivity contribution in [1.29, 1.82) is 0 Å². The molecule has 0 radical (unpaired) electrons. The Labute approximate surface area is 242 Å². The molecule has 2 aliphatic heterocycles. The number of urea groups is 1. The Morgan fingerprint density at radius 3 is 2.10 bits per heavy atom. The number of rotatable bonds is 6. The molecule has 0 unspecified atom stereocenters. The van der Waals surface area contributed by atoms with Gasteiger partial charge in [0, 0.05) is 68.0 Å². The summed E-state index contributed by atoms with van der Waals surface area (Å²) in [6, 6.07) is 15.7. The van der Waals surface area contributed by atoms with Gasteiger partial charge in [-0.05, 0) is 61.5 Å². The predicted octanol–water partition coefficient (Wildman–Crippen LogP) is 2.56. The van der Waals surface area contributed by atoms with E-state index < -0.39 is 6.03 Å². The van der Waals surface area contributed by atoms with Gasteiger partial charge in [-0.3, -0.25) is 4.79 Å². The first-order chi connectivity index (χ1) is 20.5. The average Bonchev–Trinajstić information content (AvgIpc) is 3.48. The minimum atomic E-state index is -0.393. The van der Waals surface area contributed by atoms with Gasteiger partial charge in [-0.2, -0.15) is 20.1 Å². The second-order valence-electron chi connectivity index (χ2n) is 10.0. The number of anilines is 3. The van der Waals surface area contributed by atoms with Crippen LogP contribution in [0.25, 0.3) is 17.3 Å². The quantitative estimate of drug-likeness (QED) is 0.320. The van der Waals surface area contributed by atoms with Gasteiger partial charge in [-0.25, -0.2) is 9.48 Å². The van der Waals surface area contributed by atoms with Gasteiger partial charge in [0.05, 0.1) is 18.9 Å². The van der Waals surface area contributed by atoms with Crippen molar-refractivity contribution in [3.8, 4) is 17.3 Å². The number of morpholine rings is 1. The number of carbonyl (C=O) groups excluding carboxylic acids is 2. The number of ether oxygens (including phenoxy) is 1. The zero-order valence-corrected chi connectivity index (χ0v) is 23.3. The average molecular weight is 569 g/mol. The second-order valence-corrected chi connectivity index (χ2v) is 10.0. The lowest BCUT2D eigenvalue weighted by Gasteiger charge is -2.27.